The van der Waals surface area contributed by atoms with Gasteiger partial charge in [0.2, 0.25) is 0 Å². The average molecular weight is 365 g/mol. The number of carbonyl (C=O) groups is 1. The highest BCUT2D eigenvalue weighted by Gasteiger charge is 2.40. The molecule has 1 aromatic carbocycles. The third kappa shape index (κ3) is 4.80. The van der Waals surface area contributed by atoms with Gasteiger partial charge in [0, 0.05) is 37.5 Å². The Bertz CT molecular complexity index is 572. The number of urea groups is 1. The monoisotopic (exact) mass is 365 g/mol. The number of benzene rings is 1. The molecule has 0 saturated carbocycles. The Morgan fingerprint density at radius 1 is 1.36 bits per heavy atom. The molecule has 2 fully saturated rings. The van der Waals surface area contributed by atoms with E-state index in [9.17, 15) is 4.79 Å². The molecule has 0 aromatic heterocycles. The first kappa shape index (κ1) is 18.4. The van der Waals surface area contributed by atoms with Crippen LogP contribution in [0.5, 0.6) is 5.75 Å². The van der Waals surface area contributed by atoms with Gasteiger partial charge in [0.05, 0.1) is 20.3 Å². The second kappa shape index (κ2) is 8.78. The molecule has 0 unspecified atom stereocenters. The van der Waals surface area contributed by atoms with Crippen LogP contribution in [0.4, 0.5) is 4.79 Å². The van der Waals surface area contributed by atoms with Crippen LogP contribution in [0.15, 0.2) is 24.3 Å². The van der Waals surface area contributed by atoms with E-state index < -0.39 is 0 Å². The number of hydrogen-bond donors (Lipinski definition) is 2. The third-order valence-corrected chi connectivity index (χ3v) is 6.16. The summed E-state index contributed by atoms with van der Waals surface area (Å²) in [5.74, 6) is 3.03. The lowest BCUT2D eigenvalue weighted by atomic mass is 9.95. The van der Waals surface area contributed by atoms with Gasteiger partial charge in [-0.15, -0.1) is 0 Å². The van der Waals surface area contributed by atoms with E-state index in [1.807, 2.05) is 36.0 Å². The van der Waals surface area contributed by atoms with Gasteiger partial charge >= 0.3 is 6.03 Å². The van der Waals surface area contributed by atoms with Gasteiger partial charge in [-0.3, -0.25) is 4.90 Å². The summed E-state index contributed by atoms with van der Waals surface area (Å²) in [5, 5.41) is 6.02. The minimum Gasteiger partial charge on any atom is -0.497 e. The molecule has 2 N–H and O–H groups in total. The van der Waals surface area contributed by atoms with E-state index in [1.165, 1.54) is 0 Å². The van der Waals surface area contributed by atoms with Crippen molar-refractivity contribution in [3.8, 4) is 5.75 Å². The van der Waals surface area contributed by atoms with Crippen molar-refractivity contribution in [2.24, 2.45) is 0 Å². The molecular formula is C18H27N3O3S. The molecule has 25 heavy (non-hydrogen) atoms. The predicted molar refractivity (Wildman–Crippen MR) is 100 cm³/mol. The smallest absolute Gasteiger partial charge is 0.315 e. The minimum absolute atomic E-state index is 0.0712. The molecule has 2 aliphatic rings. The molecule has 7 heteroatoms. The predicted octanol–water partition coefficient (Wildman–Crippen LogP) is 1.70. The fourth-order valence-electron chi connectivity index (χ4n) is 3.41. The van der Waals surface area contributed by atoms with Crippen LogP contribution in [-0.2, 0) is 11.3 Å². The van der Waals surface area contributed by atoms with E-state index in [1.54, 1.807) is 7.11 Å². The van der Waals surface area contributed by atoms with Gasteiger partial charge in [-0.1, -0.05) is 12.1 Å². The lowest BCUT2D eigenvalue weighted by molar-refractivity contribution is -0.0124. The van der Waals surface area contributed by atoms with Crippen LogP contribution in [-0.4, -0.2) is 67.9 Å². The Balaban J connectivity index is 1.49. The fourth-order valence-corrected chi connectivity index (χ4v) is 4.88. The highest BCUT2D eigenvalue weighted by atomic mass is 32.2. The van der Waals surface area contributed by atoms with Crippen LogP contribution >= 0.6 is 11.8 Å². The largest absolute Gasteiger partial charge is 0.497 e. The number of carbonyl (C=O) groups excluding carboxylic acids is 1. The minimum atomic E-state index is -0.118. The van der Waals surface area contributed by atoms with Crippen molar-refractivity contribution >= 4 is 17.8 Å². The number of morpholine rings is 1. The number of nitrogens with one attached hydrogen (secondary N) is 2. The molecule has 2 aliphatic heterocycles. The normalized spacial score (nSPS) is 24.0. The van der Waals surface area contributed by atoms with E-state index in [2.05, 4.69) is 15.5 Å². The van der Waals surface area contributed by atoms with E-state index in [0.29, 0.717) is 13.1 Å². The van der Waals surface area contributed by atoms with Crippen LogP contribution < -0.4 is 15.4 Å². The Morgan fingerprint density at radius 3 is 2.92 bits per heavy atom. The molecule has 138 valence electrons. The maximum atomic E-state index is 12.2. The Kier molecular flexibility index (Phi) is 6.45. The molecule has 0 radical (unpaired) electrons. The number of thioether (sulfide) groups is 1. The summed E-state index contributed by atoms with van der Waals surface area (Å²) in [6.45, 7) is 4.65. The quantitative estimate of drug-likeness (QED) is 0.803. The topological polar surface area (TPSA) is 62.8 Å². The zero-order valence-corrected chi connectivity index (χ0v) is 15.6. The lowest BCUT2D eigenvalue weighted by Crippen LogP contribution is -2.59. The van der Waals surface area contributed by atoms with Gasteiger partial charge in [0.15, 0.2) is 0 Å². The second-order valence-electron chi connectivity index (χ2n) is 6.51. The third-order valence-electron chi connectivity index (χ3n) is 4.93. The van der Waals surface area contributed by atoms with Gasteiger partial charge in [-0.25, -0.2) is 4.79 Å². The van der Waals surface area contributed by atoms with Crippen LogP contribution in [0.1, 0.15) is 12.0 Å². The lowest BCUT2D eigenvalue weighted by Gasteiger charge is -2.43. The first-order valence-corrected chi connectivity index (χ1v) is 9.92. The Labute approximate surface area is 153 Å². The first-order chi connectivity index (χ1) is 12.2. The fraction of sp³-hybridized carbons (Fsp3) is 0.611. The van der Waals surface area contributed by atoms with Gasteiger partial charge < -0.3 is 20.1 Å². The van der Waals surface area contributed by atoms with Gasteiger partial charge in [-0.2, -0.15) is 11.8 Å². The summed E-state index contributed by atoms with van der Waals surface area (Å²) in [6, 6.07) is 7.62. The highest BCUT2D eigenvalue weighted by molar-refractivity contribution is 7.99. The molecule has 1 atom stereocenters. The molecule has 2 heterocycles. The van der Waals surface area contributed by atoms with Gasteiger partial charge in [0.25, 0.3) is 0 Å². The van der Waals surface area contributed by atoms with E-state index >= 15 is 0 Å². The van der Waals surface area contributed by atoms with E-state index in [0.717, 1.165) is 55.5 Å². The van der Waals surface area contributed by atoms with Crippen LogP contribution in [0.25, 0.3) is 0 Å². The molecular weight excluding hydrogens is 338 g/mol. The zero-order chi connectivity index (χ0) is 17.5. The van der Waals surface area contributed by atoms with Gasteiger partial charge in [-0.05, 0) is 29.9 Å². The molecule has 6 nitrogen and oxygen atoms in total. The molecule has 2 saturated heterocycles. The van der Waals surface area contributed by atoms with Crippen molar-refractivity contribution in [3.05, 3.63) is 29.8 Å². The number of ether oxygens (including phenoxy) is 2. The maximum Gasteiger partial charge on any atom is 0.315 e. The van der Waals surface area contributed by atoms with Crippen molar-refractivity contribution < 1.29 is 14.3 Å². The Hall–Kier alpha value is -1.44. The molecule has 0 bridgehead atoms. The molecule has 0 spiro atoms. The summed E-state index contributed by atoms with van der Waals surface area (Å²) in [6.07, 6.45) is 1.12. The average Bonchev–Trinajstić information content (AvgIpc) is 3.16. The van der Waals surface area contributed by atoms with Gasteiger partial charge in [0.1, 0.15) is 5.75 Å². The number of rotatable bonds is 6. The summed E-state index contributed by atoms with van der Waals surface area (Å²) in [7, 11) is 1.64. The van der Waals surface area contributed by atoms with Crippen LogP contribution in [0.2, 0.25) is 0 Å². The zero-order valence-electron chi connectivity index (χ0n) is 14.8. The molecule has 3 rings (SSSR count). The first-order valence-electron chi connectivity index (χ1n) is 8.77. The molecule has 2 amide bonds. The Morgan fingerprint density at radius 2 is 2.20 bits per heavy atom. The maximum absolute atomic E-state index is 12.2. The van der Waals surface area contributed by atoms with Crippen molar-refractivity contribution in [2.45, 2.75) is 18.5 Å². The summed E-state index contributed by atoms with van der Waals surface area (Å²) < 4.78 is 10.7. The summed E-state index contributed by atoms with van der Waals surface area (Å²) >= 11 is 1.97. The number of hydrogen-bond acceptors (Lipinski definition) is 5. The van der Waals surface area contributed by atoms with Crippen molar-refractivity contribution in [2.75, 3.05) is 51.5 Å². The molecule has 0 aliphatic carbocycles. The number of amides is 2. The van der Waals surface area contributed by atoms with E-state index in [4.69, 9.17) is 9.47 Å². The van der Waals surface area contributed by atoms with Crippen LogP contribution in [0.3, 0.4) is 0 Å². The second-order valence-corrected chi connectivity index (χ2v) is 7.62. The van der Waals surface area contributed by atoms with E-state index in [-0.39, 0.29) is 11.6 Å². The summed E-state index contributed by atoms with van der Waals surface area (Å²) in [5.41, 5.74) is 1.09. The van der Waals surface area contributed by atoms with Crippen molar-refractivity contribution in [1.29, 1.82) is 0 Å². The standard InChI is InChI=1S/C18H27N3O3S/c1-23-16-4-2-3-15(11-16)12-19-17(22)20-13-18(5-10-25-14-18)21-6-8-24-9-7-21/h2-4,11H,5-10,12-14H2,1H3,(H2,19,20,22)/t18-/m1/s1. The van der Waals surface area contributed by atoms with Crippen LogP contribution in [0, 0.1) is 0 Å². The van der Waals surface area contributed by atoms with Crippen molar-refractivity contribution in [3.63, 3.8) is 0 Å². The number of nitrogens with zero attached hydrogens (tertiary/aromatic N) is 1. The number of methoxy groups -OCH3 is 1. The molecule has 1 aromatic rings. The summed E-state index contributed by atoms with van der Waals surface area (Å²) in [4.78, 5) is 14.7. The van der Waals surface area contributed by atoms with Crippen molar-refractivity contribution in [1.82, 2.24) is 15.5 Å². The highest BCUT2D eigenvalue weighted by Crippen LogP contribution is 2.33. The SMILES string of the molecule is COc1cccc(CNC(=O)NC[C@]2(N3CCOCC3)CCSC2)c1.